The van der Waals surface area contributed by atoms with E-state index in [-0.39, 0.29) is 18.7 Å². The molecule has 0 rings (SSSR count). The fourth-order valence-electron chi connectivity index (χ4n) is 7.20. The van der Waals surface area contributed by atoms with Crippen molar-refractivity contribution in [3.8, 4) is 0 Å². The van der Waals surface area contributed by atoms with Gasteiger partial charge in [-0.05, 0) is 64.5 Å². The van der Waals surface area contributed by atoms with Gasteiger partial charge in [-0.3, -0.25) is 19.3 Å². The van der Waals surface area contributed by atoms with Crippen molar-refractivity contribution < 1.29 is 24.3 Å². The molecule has 0 saturated heterocycles. The van der Waals surface area contributed by atoms with E-state index in [1.54, 1.807) is 0 Å². The second-order valence-electron chi connectivity index (χ2n) is 15.6. The van der Waals surface area contributed by atoms with E-state index >= 15 is 0 Å². The van der Waals surface area contributed by atoms with E-state index in [2.05, 4.69) is 19.2 Å². The van der Waals surface area contributed by atoms with Gasteiger partial charge >= 0.3 is 5.97 Å². The monoisotopic (exact) mass is 751 g/mol. The number of rotatable bonds is 40. The number of aliphatic carboxylic acids is 1. The molecule has 9 nitrogen and oxygen atoms in total. The third-order valence-corrected chi connectivity index (χ3v) is 10.6. The van der Waals surface area contributed by atoms with Gasteiger partial charge in [-0.15, -0.1) is 0 Å². The number of unbranched alkanes of at least 4 members (excludes halogenated alkanes) is 26. The van der Waals surface area contributed by atoms with E-state index in [0.717, 1.165) is 43.4 Å². The van der Waals surface area contributed by atoms with Crippen LogP contribution in [0.1, 0.15) is 232 Å². The first-order valence-corrected chi connectivity index (χ1v) is 22.6. The second kappa shape index (κ2) is 38.3. The van der Waals surface area contributed by atoms with Crippen LogP contribution < -0.4 is 16.8 Å². The molecule has 0 aromatic heterocycles. The van der Waals surface area contributed by atoms with Crippen molar-refractivity contribution in [2.24, 2.45) is 11.5 Å². The van der Waals surface area contributed by atoms with Gasteiger partial charge < -0.3 is 21.9 Å². The summed E-state index contributed by atoms with van der Waals surface area (Å²) in [5, 5.41) is 13.1. The summed E-state index contributed by atoms with van der Waals surface area (Å²) in [6, 6.07) is -2.23. The van der Waals surface area contributed by atoms with Crippen molar-refractivity contribution >= 4 is 23.7 Å². The standard InChI is InChI=1S/C44H86N4O5/c1-3-5-7-9-11-13-15-17-19-21-23-25-27-35-41(49)47-39(33-29-31-37-45)43(51)48(40(44(52)53)34-30-32-38-46)42(50)36-28-26-24-22-20-18-16-14-12-10-8-6-4-2/h39-40H,3-38,45-46H2,1-2H3,(H,47,49)(H,52,53)/t39-,40-/m0/s1. The van der Waals surface area contributed by atoms with Gasteiger partial charge in [0.05, 0.1) is 0 Å². The van der Waals surface area contributed by atoms with Gasteiger partial charge in [0, 0.05) is 12.8 Å². The lowest BCUT2D eigenvalue weighted by Crippen LogP contribution is -2.56. The molecule has 6 N–H and O–H groups in total. The maximum atomic E-state index is 14.1. The smallest absolute Gasteiger partial charge is 0.326 e. The molecular weight excluding hydrogens is 665 g/mol. The van der Waals surface area contributed by atoms with Crippen LogP contribution in [0.15, 0.2) is 0 Å². The van der Waals surface area contributed by atoms with Gasteiger partial charge in [0.25, 0.3) is 5.91 Å². The molecule has 0 heterocycles. The molecule has 0 bridgehead atoms. The topological polar surface area (TPSA) is 156 Å². The number of imide groups is 1. The quantitative estimate of drug-likeness (QED) is 0.0454. The molecule has 3 amide bonds. The number of hydrogen-bond acceptors (Lipinski definition) is 6. The summed E-state index contributed by atoms with van der Waals surface area (Å²) >= 11 is 0. The average molecular weight is 751 g/mol. The van der Waals surface area contributed by atoms with Crippen LogP contribution in [0.2, 0.25) is 0 Å². The summed E-state index contributed by atoms with van der Waals surface area (Å²) in [5.41, 5.74) is 11.4. The van der Waals surface area contributed by atoms with Gasteiger partial charge in [0.15, 0.2) is 0 Å². The molecule has 0 fully saturated rings. The summed E-state index contributed by atoms with van der Waals surface area (Å²) < 4.78 is 0. The van der Waals surface area contributed by atoms with Crippen LogP contribution in [0.5, 0.6) is 0 Å². The van der Waals surface area contributed by atoms with Gasteiger partial charge in [0.2, 0.25) is 11.8 Å². The predicted octanol–water partition coefficient (Wildman–Crippen LogP) is 10.5. The fourth-order valence-corrected chi connectivity index (χ4v) is 7.20. The highest BCUT2D eigenvalue weighted by atomic mass is 16.4. The van der Waals surface area contributed by atoms with Crippen LogP contribution >= 0.6 is 0 Å². The minimum Gasteiger partial charge on any atom is -0.480 e. The molecule has 0 aliphatic carbocycles. The van der Waals surface area contributed by atoms with E-state index in [0.29, 0.717) is 58.0 Å². The Hall–Kier alpha value is -2.00. The highest BCUT2D eigenvalue weighted by molar-refractivity contribution is 6.02. The fraction of sp³-hybridized carbons (Fsp3) is 0.909. The maximum absolute atomic E-state index is 14.1. The Morgan fingerprint density at radius 3 is 1.23 bits per heavy atom. The Morgan fingerprint density at radius 1 is 0.491 bits per heavy atom. The molecule has 53 heavy (non-hydrogen) atoms. The number of carboxylic acid groups (broad SMARTS) is 1. The molecular formula is C44H86N4O5. The Balaban J connectivity index is 5.02. The van der Waals surface area contributed by atoms with E-state index in [9.17, 15) is 24.3 Å². The number of carbonyl (C=O) groups is 4. The van der Waals surface area contributed by atoms with E-state index in [1.165, 1.54) is 122 Å². The van der Waals surface area contributed by atoms with Crippen LogP contribution in [0.3, 0.4) is 0 Å². The van der Waals surface area contributed by atoms with E-state index in [1.807, 2.05) is 0 Å². The molecule has 0 radical (unpaired) electrons. The van der Waals surface area contributed by atoms with Crippen molar-refractivity contribution in [1.29, 1.82) is 0 Å². The molecule has 0 aromatic carbocycles. The highest BCUT2D eigenvalue weighted by Gasteiger charge is 2.37. The third kappa shape index (κ3) is 30.0. The Bertz CT molecular complexity index is 886. The minimum atomic E-state index is -1.28. The van der Waals surface area contributed by atoms with E-state index in [4.69, 9.17) is 11.5 Å². The Morgan fingerprint density at radius 2 is 0.849 bits per heavy atom. The first kappa shape index (κ1) is 51.0. The molecule has 0 aromatic rings. The summed E-state index contributed by atoms with van der Waals surface area (Å²) in [6.45, 7) is 5.35. The van der Waals surface area contributed by atoms with E-state index < -0.39 is 29.9 Å². The number of carboxylic acids is 1. The molecule has 0 unspecified atom stereocenters. The van der Waals surface area contributed by atoms with Crippen LogP contribution in [0, 0.1) is 0 Å². The Labute approximate surface area is 326 Å². The van der Waals surface area contributed by atoms with Crippen molar-refractivity contribution in [3.63, 3.8) is 0 Å². The third-order valence-electron chi connectivity index (χ3n) is 10.6. The van der Waals surface area contributed by atoms with Crippen LogP contribution in [-0.4, -0.2) is 58.9 Å². The van der Waals surface area contributed by atoms with Crippen LogP contribution in [0.25, 0.3) is 0 Å². The molecule has 0 aliphatic heterocycles. The number of nitrogens with one attached hydrogen (secondary N) is 1. The lowest BCUT2D eigenvalue weighted by atomic mass is 10.0. The summed E-state index contributed by atoms with van der Waals surface area (Å²) in [6.07, 6.45) is 34.4. The number of amides is 3. The zero-order chi connectivity index (χ0) is 39.2. The first-order chi connectivity index (χ1) is 25.8. The maximum Gasteiger partial charge on any atom is 0.326 e. The predicted molar refractivity (Wildman–Crippen MR) is 222 cm³/mol. The SMILES string of the molecule is CCCCCCCCCCCCCCCC(=O)N[C@@H](CCCCN)C(=O)N(C(=O)CCCCCCCCCCCCCCC)[C@@H](CCCCN)C(=O)O. The lowest BCUT2D eigenvalue weighted by molar-refractivity contribution is -0.160. The highest BCUT2D eigenvalue weighted by Crippen LogP contribution is 2.19. The van der Waals surface area contributed by atoms with Crippen molar-refractivity contribution in [3.05, 3.63) is 0 Å². The van der Waals surface area contributed by atoms with Gasteiger partial charge in [-0.25, -0.2) is 4.79 Å². The lowest BCUT2D eigenvalue weighted by Gasteiger charge is -2.31. The minimum absolute atomic E-state index is 0.118. The zero-order valence-electron chi connectivity index (χ0n) is 34.8. The number of nitrogens with two attached hydrogens (primary N) is 2. The Kier molecular flexibility index (Phi) is 36.8. The van der Waals surface area contributed by atoms with Crippen molar-refractivity contribution in [2.45, 2.75) is 244 Å². The molecule has 0 spiro atoms. The number of carbonyl (C=O) groups excluding carboxylic acids is 3. The molecule has 312 valence electrons. The molecule has 0 saturated carbocycles. The largest absolute Gasteiger partial charge is 0.480 e. The van der Waals surface area contributed by atoms with Gasteiger partial charge in [-0.1, -0.05) is 168 Å². The second-order valence-corrected chi connectivity index (χ2v) is 15.6. The summed E-state index contributed by atoms with van der Waals surface area (Å²) in [7, 11) is 0. The van der Waals surface area contributed by atoms with Crippen LogP contribution in [0.4, 0.5) is 0 Å². The number of nitrogens with zero attached hydrogens (tertiary/aromatic N) is 1. The average Bonchev–Trinajstić information content (AvgIpc) is 3.14. The summed E-state index contributed by atoms with van der Waals surface area (Å²) in [5.74, 6) is -2.50. The molecule has 0 aliphatic rings. The molecule has 9 heteroatoms. The van der Waals surface area contributed by atoms with Crippen molar-refractivity contribution in [2.75, 3.05) is 13.1 Å². The molecule has 2 atom stereocenters. The summed E-state index contributed by atoms with van der Waals surface area (Å²) in [4.78, 5) is 54.3. The first-order valence-electron chi connectivity index (χ1n) is 22.6. The van der Waals surface area contributed by atoms with Crippen molar-refractivity contribution in [1.82, 2.24) is 10.2 Å². The normalized spacial score (nSPS) is 12.5. The number of hydrogen-bond donors (Lipinski definition) is 4. The van der Waals surface area contributed by atoms with Gasteiger partial charge in [-0.2, -0.15) is 0 Å². The zero-order valence-corrected chi connectivity index (χ0v) is 34.8. The van der Waals surface area contributed by atoms with Crippen LogP contribution in [-0.2, 0) is 19.2 Å². The van der Waals surface area contributed by atoms with Gasteiger partial charge in [0.1, 0.15) is 12.1 Å².